The van der Waals surface area contributed by atoms with E-state index >= 15 is 0 Å². The maximum absolute atomic E-state index is 9.07. The first-order valence-corrected chi connectivity index (χ1v) is 5.65. The third-order valence-electron chi connectivity index (χ3n) is 2.58. The molecule has 0 aliphatic carbocycles. The van der Waals surface area contributed by atoms with E-state index in [2.05, 4.69) is 4.90 Å². The lowest BCUT2D eigenvalue weighted by molar-refractivity contribution is 0.104. The zero-order chi connectivity index (χ0) is 12.4. The van der Waals surface area contributed by atoms with Crippen molar-refractivity contribution in [2.24, 2.45) is 5.73 Å². The molecule has 0 saturated carbocycles. The highest BCUT2D eigenvalue weighted by atomic mass is 16.5. The predicted molar refractivity (Wildman–Crippen MR) is 64.5 cm³/mol. The Morgan fingerprint density at radius 2 is 1.62 bits per heavy atom. The van der Waals surface area contributed by atoms with Gasteiger partial charge in [0.1, 0.15) is 0 Å². The Balaban J connectivity index is 3.89. The largest absolute Gasteiger partial charge is 0.394 e. The zero-order valence-electron chi connectivity index (χ0n) is 10.7. The molecule has 0 radical (unpaired) electrons. The standard InChI is InChI=1S/C11H26N2O3/c1-11(12,10-14)4-5-13(6-8-15-2)7-9-16-3/h14H,4-10,12H2,1-3H3. The van der Waals surface area contributed by atoms with Crippen molar-refractivity contribution in [1.29, 1.82) is 0 Å². The van der Waals surface area contributed by atoms with Crippen LogP contribution >= 0.6 is 0 Å². The maximum atomic E-state index is 9.07. The van der Waals surface area contributed by atoms with Crippen molar-refractivity contribution in [3.8, 4) is 0 Å². The van der Waals surface area contributed by atoms with Crippen LogP contribution in [0.5, 0.6) is 0 Å². The van der Waals surface area contributed by atoms with Gasteiger partial charge in [-0.2, -0.15) is 0 Å². The van der Waals surface area contributed by atoms with E-state index in [-0.39, 0.29) is 6.61 Å². The van der Waals surface area contributed by atoms with Gasteiger partial charge in [-0.1, -0.05) is 0 Å². The lowest BCUT2D eigenvalue weighted by Gasteiger charge is -2.27. The number of aliphatic hydroxyl groups excluding tert-OH is 1. The van der Waals surface area contributed by atoms with E-state index < -0.39 is 5.54 Å². The Morgan fingerprint density at radius 3 is 2.00 bits per heavy atom. The second-order valence-corrected chi connectivity index (χ2v) is 4.39. The average molecular weight is 234 g/mol. The van der Waals surface area contributed by atoms with E-state index in [4.69, 9.17) is 20.3 Å². The molecule has 0 amide bonds. The Morgan fingerprint density at radius 1 is 1.12 bits per heavy atom. The van der Waals surface area contributed by atoms with Gasteiger partial charge in [0.2, 0.25) is 0 Å². The van der Waals surface area contributed by atoms with E-state index in [0.717, 1.165) is 26.1 Å². The number of hydrogen-bond donors (Lipinski definition) is 2. The maximum Gasteiger partial charge on any atom is 0.0608 e. The smallest absolute Gasteiger partial charge is 0.0608 e. The number of nitrogens with two attached hydrogens (primary N) is 1. The summed E-state index contributed by atoms with van der Waals surface area (Å²) in [5.41, 5.74) is 5.38. The topological polar surface area (TPSA) is 68.0 Å². The van der Waals surface area contributed by atoms with Gasteiger partial charge < -0.3 is 20.3 Å². The molecule has 16 heavy (non-hydrogen) atoms. The van der Waals surface area contributed by atoms with Crippen LogP contribution in [0, 0.1) is 0 Å². The molecule has 3 N–H and O–H groups in total. The summed E-state index contributed by atoms with van der Waals surface area (Å²) in [7, 11) is 3.38. The monoisotopic (exact) mass is 234 g/mol. The number of hydrogen-bond acceptors (Lipinski definition) is 5. The zero-order valence-corrected chi connectivity index (χ0v) is 10.7. The first kappa shape index (κ1) is 15.8. The predicted octanol–water partition coefficient (Wildman–Crippen LogP) is -0.319. The molecule has 1 unspecified atom stereocenters. The second kappa shape index (κ2) is 8.90. The normalized spacial score (nSPS) is 15.4. The SMILES string of the molecule is COCCN(CCOC)CCC(C)(N)CO. The minimum absolute atomic E-state index is 0.00932. The molecule has 0 rings (SSSR count). The summed E-state index contributed by atoms with van der Waals surface area (Å²) in [5.74, 6) is 0. The minimum Gasteiger partial charge on any atom is -0.394 e. The molecule has 5 heteroatoms. The lowest BCUT2D eigenvalue weighted by Crippen LogP contribution is -2.44. The fourth-order valence-electron chi connectivity index (χ4n) is 1.27. The lowest BCUT2D eigenvalue weighted by atomic mass is 10.0. The van der Waals surface area contributed by atoms with Gasteiger partial charge >= 0.3 is 0 Å². The molecule has 0 heterocycles. The van der Waals surface area contributed by atoms with E-state index in [0.29, 0.717) is 13.2 Å². The molecular formula is C11H26N2O3. The Hall–Kier alpha value is -0.200. The van der Waals surface area contributed by atoms with Crippen LogP contribution < -0.4 is 5.73 Å². The van der Waals surface area contributed by atoms with Gasteiger partial charge in [-0.3, -0.25) is 4.90 Å². The highest BCUT2D eigenvalue weighted by Crippen LogP contribution is 2.05. The van der Waals surface area contributed by atoms with Gasteiger partial charge in [0.05, 0.1) is 19.8 Å². The van der Waals surface area contributed by atoms with Gasteiger partial charge in [0.15, 0.2) is 0 Å². The van der Waals surface area contributed by atoms with Crippen LogP contribution in [0.1, 0.15) is 13.3 Å². The van der Waals surface area contributed by atoms with Crippen LogP contribution in [0.2, 0.25) is 0 Å². The Labute approximate surface area is 98.5 Å². The molecule has 0 aliphatic rings. The van der Waals surface area contributed by atoms with E-state index in [1.165, 1.54) is 0 Å². The van der Waals surface area contributed by atoms with Crippen LogP contribution in [-0.4, -0.2) is 69.2 Å². The number of rotatable bonds is 10. The molecule has 0 bridgehead atoms. The van der Waals surface area contributed by atoms with E-state index in [9.17, 15) is 0 Å². The fraction of sp³-hybridized carbons (Fsp3) is 1.00. The molecule has 0 aromatic rings. The Bertz CT molecular complexity index is 157. The van der Waals surface area contributed by atoms with Crippen LogP contribution in [0.4, 0.5) is 0 Å². The molecule has 1 atom stereocenters. The van der Waals surface area contributed by atoms with Gasteiger partial charge in [-0.25, -0.2) is 0 Å². The fourth-order valence-corrected chi connectivity index (χ4v) is 1.27. The number of ether oxygens (including phenoxy) is 2. The van der Waals surface area contributed by atoms with Gasteiger partial charge in [-0.05, 0) is 13.3 Å². The molecule has 0 aromatic carbocycles. The summed E-state index contributed by atoms with van der Waals surface area (Å²) < 4.78 is 10.1. The summed E-state index contributed by atoms with van der Waals surface area (Å²) in [6, 6.07) is 0. The van der Waals surface area contributed by atoms with Crippen molar-refractivity contribution < 1.29 is 14.6 Å². The summed E-state index contributed by atoms with van der Waals surface area (Å²) >= 11 is 0. The summed E-state index contributed by atoms with van der Waals surface area (Å²) in [6.45, 7) is 5.84. The Kier molecular flexibility index (Phi) is 8.78. The quantitative estimate of drug-likeness (QED) is 0.542. The van der Waals surface area contributed by atoms with Crippen molar-refractivity contribution in [1.82, 2.24) is 4.90 Å². The van der Waals surface area contributed by atoms with Gasteiger partial charge in [-0.15, -0.1) is 0 Å². The van der Waals surface area contributed by atoms with Crippen molar-refractivity contribution in [3.63, 3.8) is 0 Å². The second-order valence-electron chi connectivity index (χ2n) is 4.39. The van der Waals surface area contributed by atoms with E-state index in [1.54, 1.807) is 14.2 Å². The molecule has 5 nitrogen and oxygen atoms in total. The third kappa shape index (κ3) is 8.01. The van der Waals surface area contributed by atoms with Gasteiger partial charge in [0, 0.05) is 39.4 Å². The van der Waals surface area contributed by atoms with Crippen molar-refractivity contribution in [2.45, 2.75) is 18.9 Å². The van der Waals surface area contributed by atoms with Crippen molar-refractivity contribution >= 4 is 0 Å². The highest BCUT2D eigenvalue weighted by Gasteiger charge is 2.18. The molecule has 98 valence electrons. The number of methoxy groups -OCH3 is 2. The van der Waals surface area contributed by atoms with Crippen LogP contribution in [-0.2, 0) is 9.47 Å². The summed E-state index contributed by atoms with van der Waals surface area (Å²) in [5, 5.41) is 9.07. The summed E-state index contributed by atoms with van der Waals surface area (Å²) in [4.78, 5) is 2.23. The molecule has 0 aliphatic heterocycles. The van der Waals surface area contributed by atoms with Crippen LogP contribution in [0.15, 0.2) is 0 Å². The van der Waals surface area contributed by atoms with E-state index in [1.807, 2.05) is 6.92 Å². The first-order valence-electron chi connectivity index (χ1n) is 5.65. The molecule has 0 saturated heterocycles. The van der Waals surface area contributed by atoms with Crippen molar-refractivity contribution in [2.75, 3.05) is 53.7 Å². The average Bonchev–Trinajstić information content (AvgIpc) is 2.28. The van der Waals surface area contributed by atoms with Crippen LogP contribution in [0.3, 0.4) is 0 Å². The number of nitrogens with zero attached hydrogens (tertiary/aromatic N) is 1. The molecule has 0 fully saturated rings. The first-order chi connectivity index (χ1) is 7.55. The summed E-state index contributed by atoms with van der Waals surface area (Å²) in [6.07, 6.45) is 0.761. The minimum atomic E-state index is -0.502. The van der Waals surface area contributed by atoms with Crippen molar-refractivity contribution in [3.05, 3.63) is 0 Å². The molecule has 0 aromatic heterocycles. The molecule has 0 spiro atoms. The molecular weight excluding hydrogens is 208 g/mol. The third-order valence-corrected chi connectivity index (χ3v) is 2.58. The van der Waals surface area contributed by atoms with Crippen LogP contribution in [0.25, 0.3) is 0 Å². The number of aliphatic hydroxyl groups is 1. The highest BCUT2D eigenvalue weighted by molar-refractivity contribution is 4.78. The van der Waals surface area contributed by atoms with Gasteiger partial charge in [0.25, 0.3) is 0 Å².